The van der Waals surface area contributed by atoms with E-state index in [9.17, 15) is 19.2 Å². The first-order chi connectivity index (χ1) is 30.9. The molecule has 0 saturated carbocycles. The second kappa shape index (κ2) is 17.0. The maximum atomic E-state index is 16.6. The van der Waals surface area contributed by atoms with Gasteiger partial charge in [-0.05, 0) is 89.2 Å². The third kappa shape index (κ3) is 7.66. The van der Waals surface area contributed by atoms with Gasteiger partial charge in [0.05, 0.1) is 43.9 Å². The Balaban J connectivity index is 0.911. The molecule has 1 aliphatic carbocycles. The third-order valence-corrected chi connectivity index (χ3v) is 13.0. The number of amides is 4. The lowest BCUT2D eigenvalue weighted by Gasteiger charge is -2.30. The number of aromatic amines is 1. The van der Waals surface area contributed by atoms with E-state index in [0.29, 0.717) is 65.3 Å². The highest BCUT2D eigenvalue weighted by molar-refractivity contribution is 6.01. The van der Waals surface area contributed by atoms with Crippen LogP contribution >= 0.6 is 0 Å². The van der Waals surface area contributed by atoms with Crippen molar-refractivity contribution in [2.45, 2.75) is 76.0 Å². The van der Waals surface area contributed by atoms with Crippen LogP contribution in [0.1, 0.15) is 79.7 Å². The number of alkyl carbamates (subject to hydrolysis) is 2. The molecule has 3 N–H and O–H groups in total. The Morgan fingerprint density at radius 1 is 0.766 bits per heavy atom. The number of rotatable bonds is 10. The van der Waals surface area contributed by atoms with Crippen LogP contribution in [0.3, 0.4) is 0 Å². The van der Waals surface area contributed by atoms with Gasteiger partial charge in [-0.15, -0.1) is 0 Å². The average Bonchev–Trinajstić information content (AvgIpc) is 4.17. The minimum absolute atomic E-state index is 0.0751. The highest BCUT2D eigenvalue weighted by Gasteiger charge is 2.45. The number of benzene rings is 4. The second-order valence-electron chi connectivity index (χ2n) is 17.1. The number of nitrogens with zero attached hydrogens (tertiary/aromatic N) is 4. The van der Waals surface area contributed by atoms with Crippen molar-refractivity contribution in [3.8, 4) is 33.5 Å². The molecule has 4 heterocycles. The predicted octanol–water partition coefficient (Wildman–Crippen LogP) is 8.63. The summed E-state index contributed by atoms with van der Waals surface area (Å²) in [4.78, 5) is 68.4. The summed E-state index contributed by atoms with van der Waals surface area (Å²) in [5.41, 5.74) is 6.49. The van der Waals surface area contributed by atoms with Crippen LogP contribution in [0, 0.1) is 5.92 Å². The van der Waals surface area contributed by atoms with Crippen molar-refractivity contribution in [2.75, 3.05) is 27.3 Å². The van der Waals surface area contributed by atoms with E-state index >= 15 is 8.78 Å². The Morgan fingerprint density at radius 3 is 2.06 bits per heavy atom. The molecule has 4 amide bonds. The van der Waals surface area contributed by atoms with Gasteiger partial charge in [0, 0.05) is 41.9 Å². The number of aliphatic imine (C=N–C) groups is 1. The van der Waals surface area contributed by atoms with Crippen LogP contribution in [-0.4, -0.2) is 88.9 Å². The number of fused-ring (bicyclic) bond motifs is 4. The number of imidazole rings is 1. The van der Waals surface area contributed by atoms with Crippen LogP contribution in [0.4, 0.5) is 24.1 Å². The maximum absolute atomic E-state index is 16.6. The molecule has 2 saturated heterocycles. The number of hydrogen-bond donors (Lipinski definition) is 3. The number of carbonyl (C=O) groups is 4. The van der Waals surface area contributed by atoms with Crippen LogP contribution in [-0.2, 0) is 31.4 Å². The molecule has 4 aliphatic rings. The average molecular weight is 870 g/mol. The van der Waals surface area contributed by atoms with E-state index in [0.717, 1.165) is 41.8 Å². The summed E-state index contributed by atoms with van der Waals surface area (Å²) < 4.78 is 42.7. The number of carbonyl (C=O) groups excluding carboxylic acids is 4. The van der Waals surface area contributed by atoms with E-state index in [1.165, 1.54) is 20.3 Å². The van der Waals surface area contributed by atoms with Gasteiger partial charge in [-0.2, -0.15) is 8.78 Å². The Kier molecular flexibility index (Phi) is 11.3. The van der Waals surface area contributed by atoms with Gasteiger partial charge in [-0.3, -0.25) is 14.6 Å². The number of likely N-dealkylation sites (tertiary alicyclic amines) is 2. The van der Waals surface area contributed by atoms with Gasteiger partial charge < -0.3 is 34.9 Å². The summed E-state index contributed by atoms with van der Waals surface area (Å²) in [6.45, 7) is 4.72. The summed E-state index contributed by atoms with van der Waals surface area (Å²) in [5.74, 6) is -3.39. The molecule has 15 heteroatoms. The van der Waals surface area contributed by atoms with E-state index in [-0.39, 0.29) is 40.9 Å². The molecular weight excluding hydrogens is 821 g/mol. The zero-order valence-corrected chi connectivity index (χ0v) is 36.0. The number of aromatic nitrogens is 2. The molecule has 0 spiro atoms. The fraction of sp³-hybridized carbons (Fsp3) is 0.347. The van der Waals surface area contributed by atoms with Crippen LogP contribution in [0.25, 0.3) is 33.5 Å². The molecule has 2 fully saturated rings. The van der Waals surface area contributed by atoms with Crippen molar-refractivity contribution in [1.29, 1.82) is 0 Å². The highest BCUT2D eigenvalue weighted by atomic mass is 19.3. The largest absolute Gasteiger partial charge is 0.453 e. The predicted molar refractivity (Wildman–Crippen MR) is 236 cm³/mol. The molecule has 5 aromatic rings. The molecule has 0 radical (unpaired) electrons. The molecular formula is C49H49F2N7O6. The van der Waals surface area contributed by atoms with Gasteiger partial charge in [-0.25, -0.2) is 14.6 Å². The summed E-state index contributed by atoms with van der Waals surface area (Å²) in [7, 11) is 2.51. The molecule has 4 aromatic carbocycles. The maximum Gasteiger partial charge on any atom is 0.407 e. The number of hydrogen-bond acceptors (Lipinski definition) is 8. The standard InChI is InChI=1S/C49H49F2N7O6/c1-27(2)42(55-47(61)63-3)45(59)58-21-9-13-41(58)44-52-26-39(54-44)31-15-18-34-33-17-14-30(23-35(33)49(50,51)36(34)24-31)29-16-19-37-32(22-29)25-38(53-37)40-12-8-20-57(40)46(60)43(56-48(62)64-4)28-10-6-5-7-11-28/h5-7,10-11,14-19,22-24,26-27,40-43H,8-9,12-13,20-21,25H2,1-4H3,(H,52,54)(H,55,61)(H,56,62)/t40-,41-,42-,43+/m0/s1. The van der Waals surface area contributed by atoms with E-state index in [1.807, 2.05) is 56.3 Å². The van der Waals surface area contributed by atoms with Crippen LogP contribution in [0.2, 0.25) is 0 Å². The second-order valence-corrected chi connectivity index (χ2v) is 17.1. The smallest absolute Gasteiger partial charge is 0.407 e. The summed E-state index contributed by atoms with van der Waals surface area (Å²) in [5, 5.41) is 5.36. The lowest BCUT2D eigenvalue weighted by atomic mass is 9.95. The normalized spacial score (nSPS) is 19.1. The molecule has 330 valence electrons. The number of nitrogens with one attached hydrogen (secondary N) is 3. The Bertz CT molecular complexity index is 2680. The molecule has 0 bridgehead atoms. The van der Waals surface area contributed by atoms with Crippen molar-refractivity contribution >= 4 is 35.4 Å². The molecule has 13 nitrogen and oxygen atoms in total. The first-order valence-electron chi connectivity index (χ1n) is 21.6. The van der Waals surface area contributed by atoms with Gasteiger partial charge >= 0.3 is 12.2 Å². The van der Waals surface area contributed by atoms with Crippen LogP contribution in [0.15, 0.2) is 96.1 Å². The minimum atomic E-state index is -3.28. The fourth-order valence-electron chi connectivity index (χ4n) is 9.67. The van der Waals surface area contributed by atoms with Crippen LogP contribution in [0.5, 0.6) is 0 Å². The highest BCUT2D eigenvalue weighted by Crippen LogP contribution is 2.53. The Morgan fingerprint density at radius 2 is 1.38 bits per heavy atom. The zero-order valence-electron chi connectivity index (χ0n) is 36.0. The number of ether oxygens (including phenoxy) is 2. The SMILES string of the molecule is COC(=O)N[C@H](C(=O)N1CCC[C@H]1c1ncc(-c2ccc3c(c2)C(F)(F)c2cc(-c4ccc5c(c4)CC([C@@H]4CCCN4C(=O)[C@H](NC(=O)OC)c4ccccc4)=N5)ccc2-3)[nH]1)C(C)C. The third-order valence-electron chi connectivity index (χ3n) is 13.0. The summed E-state index contributed by atoms with van der Waals surface area (Å²) in [6, 6.07) is 22.8. The van der Waals surface area contributed by atoms with E-state index in [1.54, 1.807) is 52.4 Å². The Labute approximate surface area is 369 Å². The minimum Gasteiger partial charge on any atom is -0.453 e. The fourth-order valence-corrected chi connectivity index (χ4v) is 9.67. The summed E-state index contributed by atoms with van der Waals surface area (Å²) in [6.07, 6.45) is 3.65. The van der Waals surface area contributed by atoms with Crippen molar-refractivity contribution in [3.05, 3.63) is 119 Å². The topological polar surface area (TPSA) is 158 Å². The molecule has 4 atom stereocenters. The van der Waals surface area contributed by atoms with Gasteiger partial charge in [0.1, 0.15) is 17.9 Å². The van der Waals surface area contributed by atoms with E-state index < -0.39 is 30.2 Å². The number of H-pyrrole nitrogens is 1. The van der Waals surface area contributed by atoms with Gasteiger partial charge in [-0.1, -0.05) is 74.5 Å². The number of methoxy groups -OCH3 is 2. The molecule has 3 aliphatic heterocycles. The molecule has 1 aromatic heterocycles. The number of halogens is 2. The van der Waals surface area contributed by atoms with Gasteiger partial charge in [0.2, 0.25) is 11.8 Å². The lowest BCUT2D eigenvalue weighted by Crippen LogP contribution is -2.51. The quantitative estimate of drug-likeness (QED) is 0.127. The first-order valence-corrected chi connectivity index (χ1v) is 21.6. The summed E-state index contributed by atoms with van der Waals surface area (Å²) >= 11 is 0. The number of alkyl halides is 2. The van der Waals surface area contributed by atoms with Crippen LogP contribution < -0.4 is 10.6 Å². The van der Waals surface area contributed by atoms with Crippen molar-refractivity contribution in [1.82, 2.24) is 30.4 Å². The monoisotopic (exact) mass is 869 g/mol. The van der Waals surface area contributed by atoms with Crippen molar-refractivity contribution < 1.29 is 37.4 Å². The molecule has 0 unspecified atom stereocenters. The lowest BCUT2D eigenvalue weighted by molar-refractivity contribution is -0.135. The molecule has 64 heavy (non-hydrogen) atoms. The Hall–Kier alpha value is -6.90. The van der Waals surface area contributed by atoms with Gasteiger partial charge in [0.25, 0.3) is 5.92 Å². The molecule has 9 rings (SSSR count). The van der Waals surface area contributed by atoms with Gasteiger partial charge in [0.15, 0.2) is 0 Å². The first kappa shape index (κ1) is 42.4. The van der Waals surface area contributed by atoms with Crippen molar-refractivity contribution in [2.24, 2.45) is 10.9 Å². The zero-order chi connectivity index (χ0) is 44.9. The van der Waals surface area contributed by atoms with Crippen molar-refractivity contribution in [3.63, 3.8) is 0 Å². The van der Waals surface area contributed by atoms with E-state index in [4.69, 9.17) is 14.5 Å². The van der Waals surface area contributed by atoms with E-state index in [2.05, 4.69) is 20.6 Å².